The first-order valence-electron chi connectivity index (χ1n) is 7.09. The molecule has 21 heavy (non-hydrogen) atoms. The van der Waals surface area contributed by atoms with Gasteiger partial charge in [-0.25, -0.2) is 0 Å². The van der Waals surface area contributed by atoms with Crippen molar-refractivity contribution in [2.45, 2.75) is 33.1 Å². The van der Waals surface area contributed by atoms with Crippen LogP contribution in [0.25, 0.3) is 0 Å². The van der Waals surface area contributed by atoms with Crippen molar-refractivity contribution >= 4 is 21.7 Å². The average Bonchev–Trinajstić information content (AvgIpc) is 2.49. The van der Waals surface area contributed by atoms with E-state index in [2.05, 4.69) is 41.9 Å². The zero-order chi connectivity index (χ0) is 15.4. The minimum absolute atomic E-state index is 0.0116. The summed E-state index contributed by atoms with van der Waals surface area (Å²) in [5, 5.41) is 0. The predicted octanol–water partition coefficient (Wildman–Crippen LogP) is 5.96. The first kappa shape index (κ1) is 15.8. The lowest BCUT2D eigenvalue weighted by Crippen LogP contribution is -1.97. The summed E-state index contributed by atoms with van der Waals surface area (Å²) in [6, 6.07) is 13.5. The Hall–Kier alpha value is -1.61. The molecule has 3 heteroatoms. The summed E-state index contributed by atoms with van der Waals surface area (Å²) in [6.45, 7) is 5.93. The Morgan fingerprint density at radius 1 is 1.19 bits per heavy atom. The molecule has 0 heterocycles. The third-order valence-corrected chi connectivity index (χ3v) is 4.10. The van der Waals surface area contributed by atoms with Crippen LogP contribution in [0.15, 0.2) is 46.9 Å². The third-order valence-electron chi connectivity index (χ3n) is 3.61. The molecule has 0 aromatic heterocycles. The second kappa shape index (κ2) is 6.90. The summed E-state index contributed by atoms with van der Waals surface area (Å²) in [7, 11) is 0. The maximum Gasteiger partial charge on any atom is 0.163 e. The molecule has 0 radical (unpaired) electrons. The molecule has 0 amide bonds. The molecule has 0 aliphatic rings. The molecule has 0 spiro atoms. The number of Topliss-reactive ketones (excluding diaryl/α,β-unsaturated/α-hetero) is 1. The molecule has 110 valence electrons. The number of ketones is 1. The van der Waals surface area contributed by atoms with E-state index < -0.39 is 0 Å². The summed E-state index contributed by atoms with van der Waals surface area (Å²) in [4.78, 5) is 11.7. The quantitative estimate of drug-likeness (QED) is 0.624. The lowest BCUT2D eigenvalue weighted by Gasteiger charge is -2.12. The van der Waals surface area contributed by atoms with E-state index in [-0.39, 0.29) is 5.78 Å². The molecule has 0 aliphatic heterocycles. The highest BCUT2D eigenvalue weighted by Gasteiger charge is 2.10. The van der Waals surface area contributed by atoms with Gasteiger partial charge in [0.05, 0.1) is 5.56 Å². The third kappa shape index (κ3) is 3.94. The van der Waals surface area contributed by atoms with Crippen molar-refractivity contribution in [2.75, 3.05) is 0 Å². The van der Waals surface area contributed by atoms with Crippen molar-refractivity contribution < 1.29 is 9.53 Å². The molecule has 0 N–H and O–H groups in total. The summed E-state index contributed by atoms with van der Waals surface area (Å²) in [5.74, 6) is 1.86. The summed E-state index contributed by atoms with van der Waals surface area (Å²) in [5.41, 5.74) is 1.88. The van der Waals surface area contributed by atoms with Crippen LogP contribution in [0.3, 0.4) is 0 Å². The average molecular weight is 347 g/mol. The van der Waals surface area contributed by atoms with Gasteiger partial charge in [-0.1, -0.05) is 41.9 Å². The number of halogens is 1. The fourth-order valence-electron chi connectivity index (χ4n) is 2.09. The minimum atomic E-state index is -0.0116. The van der Waals surface area contributed by atoms with Crippen molar-refractivity contribution in [1.29, 1.82) is 0 Å². The summed E-state index contributed by atoms with van der Waals surface area (Å²) >= 11 is 3.38. The van der Waals surface area contributed by atoms with Crippen molar-refractivity contribution in [3.8, 4) is 11.5 Å². The highest BCUT2D eigenvalue weighted by molar-refractivity contribution is 9.10. The number of carbonyl (C=O) groups is 1. The lowest BCUT2D eigenvalue weighted by atomic mass is 9.99. The highest BCUT2D eigenvalue weighted by Crippen LogP contribution is 2.29. The number of ether oxygens (including phenoxy) is 1. The highest BCUT2D eigenvalue weighted by atomic mass is 79.9. The Kier molecular flexibility index (Phi) is 5.18. The minimum Gasteiger partial charge on any atom is -0.457 e. The van der Waals surface area contributed by atoms with E-state index in [0.717, 1.165) is 16.6 Å². The molecule has 0 aliphatic carbocycles. The number of rotatable bonds is 5. The van der Waals surface area contributed by atoms with Crippen LogP contribution in [-0.4, -0.2) is 5.78 Å². The second-order valence-electron chi connectivity index (χ2n) is 5.18. The van der Waals surface area contributed by atoms with E-state index >= 15 is 0 Å². The molecule has 0 saturated heterocycles. The largest absolute Gasteiger partial charge is 0.457 e. The van der Waals surface area contributed by atoms with Gasteiger partial charge in [0.25, 0.3) is 0 Å². The molecular formula is C18H19BrO2. The van der Waals surface area contributed by atoms with E-state index in [0.29, 0.717) is 17.2 Å². The van der Waals surface area contributed by atoms with E-state index in [9.17, 15) is 4.79 Å². The zero-order valence-corrected chi connectivity index (χ0v) is 14.1. The molecule has 0 saturated carbocycles. The summed E-state index contributed by atoms with van der Waals surface area (Å²) in [6.07, 6.45) is 1.11. The van der Waals surface area contributed by atoms with Crippen molar-refractivity contribution in [3.63, 3.8) is 0 Å². The lowest BCUT2D eigenvalue weighted by molar-refractivity contribution is 0.101. The van der Waals surface area contributed by atoms with Crippen molar-refractivity contribution in [2.24, 2.45) is 0 Å². The molecule has 2 aromatic carbocycles. The van der Waals surface area contributed by atoms with E-state index in [4.69, 9.17) is 4.74 Å². The van der Waals surface area contributed by atoms with Gasteiger partial charge in [0, 0.05) is 4.47 Å². The van der Waals surface area contributed by atoms with Gasteiger partial charge < -0.3 is 4.74 Å². The van der Waals surface area contributed by atoms with Gasteiger partial charge in [0.1, 0.15) is 11.5 Å². The second-order valence-corrected chi connectivity index (χ2v) is 6.09. The van der Waals surface area contributed by atoms with Gasteiger partial charge in [-0.15, -0.1) is 0 Å². The zero-order valence-electron chi connectivity index (χ0n) is 12.5. The Bertz CT molecular complexity index is 632. The summed E-state index contributed by atoms with van der Waals surface area (Å²) < 4.78 is 6.72. The van der Waals surface area contributed by atoms with Gasteiger partial charge in [0.15, 0.2) is 5.78 Å². The van der Waals surface area contributed by atoms with Gasteiger partial charge in [-0.05, 0) is 55.2 Å². The van der Waals surface area contributed by atoms with Crippen LogP contribution >= 0.6 is 15.9 Å². The van der Waals surface area contributed by atoms with Crippen LogP contribution in [0, 0.1) is 0 Å². The molecule has 2 nitrogen and oxygen atoms in total. The number of carbonyl (C=O) groups excluding carboxylic acids is 1. The van der Waals surface area contributed by atoms with Crippen molar-refractivity contribution in [1.82, 2.24) is 0 Å². The maximum absolute atomic E-state index is 11.7. The van der Waals surface area contributed by atoms with Crippen LogP contribution in [0.1, 0.15) is 49.0 Å². The molecule has 1 unspecified atom stereocenters. The van der Waals surface area contributed by atoms with Gasteiger partial charge in [-0.3, -0.25) is 4.79 Å². The fraction of sp³-hybridized carbons (Fsp3) is 0.278. The first-order valence-corrected chi connectivity index (χ1v) is 7.89. The Labute approximate surface area is 134 Å². The van der Waals surface area contributed by atoms with E-state index in [1.165, 1.54) is 5.56 Å². The van der Waals surface area contributed by atoms with Crippen LogP contribution in [0.4, 0.5) is 0 Å². The number of hydrogen-bond donors (Lipinski definition) is 0. The van der Waals surface area contributed by atoms with E-state index in [1.807, 2.05) is 24.3 Å². The molecule has 0 fully saturated rings. The molecule has 1 atom stereocenters. The fourth-order valence-corrected chi connectivity index (χ4v) is 2.45. The van der Waals surface area contributed by atoms with Crippen LogP contribution in [0.2, 0.25) is 0 Å². The Balaban J connectivity index is 2.24. The SMILES string of the molecule is CCC(C)c1ccc(Oc2ccc(Br)cc2C(C)=O)cc1. The molecule has 2 aromatic rings. The maximum atomic E-state index is 11.7. The topological polar surface area (TPSA) is 26.3 Å². The first-order chi connectivity index (χ1) is 10.0. The molecule has 2 rings (SSSR count). The van der Waals surface area contributed by atoms with Crippen LogP contribution < -0.4 is 4.74 Å². The smallest absolute Gasteiger partial charge is 0.163 e. The van der Waals surface area contributed by atoms with Gasteiger partial charge >= 0.3 is 0 Å². The van der Waals surface area contributed by atoms with Crippen LogP contribution in [-0.2, 0) is 0 Å². The monoisotopic (exact) mass is 346 g/mol. The Morgan fingerprint density at radius 3 is 2.43 bits per heavy atom. The van der Waals surface area contributed by atoms with Gasteiger partial charge in [0.2, 0.25) is 0 Å². The van der Waals surface area contributed by atoms with Crippen LogP contribution in [0.5, 0.6) is 11.5 Å². The predicted molar refractivity (Wildman–Crippen MR) is 89.4 cm³/mol. The van der Waals surface area contributed by atoms with E-state index in [1.54, 1.807) is 13.0 Å². The Morgan fingerprint density at radius 2 is 1.86 bits per heavy atom. The normalized spacial score (nSPS) is 12.0. The standard InChI is InChI=1S/C18H19BrO2/c1-4-12(2)14-5-8-16(9-6-14)21-18-10-7-15(19)11-17(18)13(3)20/h5-12H,4H2,1-3H3. The number of benzene rings is 2. The number of hydrogen-bond acceptors (Lipinski definition) is 2. The molecule has 0 bridgehead atoms. The van der Waals surface area contributed by atoms with Gasteiger partial charge in [-0.2, -0.15) is 0 Å². The van der Waals surface area contributed by atoms with Crippen molar-refractivity contribution in [3.05, 3.63) is 58.1 Å². The molecular weight excluding hydrogens is 328 g/mol.